The molecular formula is C18H25N5O3. The quantitative estimate of drug-likeness (QED) is 0.728. The second-order valence-corrected chi connectivity index (χ2v) is 6.55. The number of aromatic nitrogens is 2. The Labute approximate surface area is 151 Å². The van der Waals surface area contributed by atoms with E-state index >= 15 is 0 Å². The highest BCUT2D eigenvalue weighted by Gasteiger charge is 2.25. The fraction of sp³-hybridized carbons (Fsp3) is 0.500. The second kappa shape index (κ2) is 7.74. The number of piperazine rings is 1. The minimum atomic E-state index is -0.702. The molecule has 1 aliphatic heterocycles. The lowest BCUT2D eigenvalue weighted by atomic mass is 10.1. The molecule has 2 amide bonds. The highest BCUT2D eigenvalue weighted by molar-refractivity contribution is 5.90. The molecule has 1 fully saturated rings. The molecule has 2 aromatic rings. The summed E-state index contributed by atoms with van der Waals surface area (Å²) in [6, 6.07) is 5.18. The van der Waals surface area contributed by atoms with Crippen molar-refractivity contribution in [3.63, 3.8) is 0 Å². The number of aryl methyl sites for hydroxylation is 1. The van der Waals surface area contributed by atoms with Crippen molar-refractivity contribution in [2.45, 2.75) is 25.8 Å². The number of fused-ring (bicyclic) bond motifs is 1. The Kier molecular flexibility index (Phi) is 5.41. The molecule has 0 bridgehead atoms. The molecule has 2 heterocycles. The van der Waals surface area contributed by atoms with Gasteiger partial charge in [0.15, 0.2) is 0 Å². The van der Waals surface area contributed by atoms with E-state index in [1.165, 1.54) is 4.57 Å². The van der Waals surface area contributed by atoms with Crippen LogP contribution in [0.4, 0.5) is 5.69 Å². The third kappa shape index (κ3) is 3.24. The maximum atomic E-state index is 12.8. The van der Waals surface area contributed by atoms with Gasteiger partial charge in [0, 0.05) is 38.9 Å². The molecule has 0 spiro atoms. The standard InChI is InChI=1S/C18H25N5O3/c1-3-4-15(17(25)20-12-24)23-14-6-5-13(22-9-7-19-8-10-22)11-16(14)21(2)18(23)26/h5-6,11-12,15,19H,3-4,7-10H2,1-2H3,(H,20,24,25). The number of imide groups is 1. The first-order valence-electron chi connectivity index (χ1n) is 8.99. The van der Waals surface area contributed by atoms with Crippen molar-refractivity contribution >= 4 is 29.0 Å². The Morgan fingerprint density at radius 2 is 2.04 bits per heavy atom. The number of carbonyl (C=O) groups is 2. The number of hydrogen-bond acceptors (Lipinski definition) is 5. The topological polar surface area (TPSA) is 88.4 Å². The monoisotopic (exact) mass is 359 g/mol. The van der Waals surface area contributed by atoms with Crippen LogP contribution >= 0.6 is 0 Å². The zero-order valence-electron chi connectivity index (χ0n) is 15.2. The Morgan fingerprint density at radius 3 is 2.69 bits per heavy atom. The van der Waals surface area contributed by atoms with E-state index < -0.39 is 11.9 Å². The molecule has 2 N–H and O–H groups in total. The summed E-state index contributed by atoms with van der Waals surface area (Å²) in [5.74, 6) is -0.456. The van der Waals surface area contributed by atoms with Crippen molar-refractivity contribution < 1.29 is 9.59 Å². The van der Waals surface area contributed by atoms with Crippen molar-refractivity contribution in [2.75, 3.05) is 31.1 Å². The van der Waals surface area contributed by atoms with Gasteiger partial charge in [-0.05, 0) is 24.6 Å². The van der Waals surface area contributed by atoms with Gasteiger partial charge in [-0.1, -0.05) is 13.3 Å². The summed E-state index contributed by atoms with van der Waals surface area (Å²) >= 11 is 0. The van der Waals surface area contributed by atoms with Gasteiger partial charge in [-0.15, -0.1) is 0 Å². The molecular weight excluding hydrogens is 334 g/mol. The summed E-state index contributed by atoms with van der Waals surface area (Å²) in [5, 5.41) is 5.52. The molecule has 1 aromatic heterocycles. The molecule has 1 aliphatic rings. The number of rotatable bonds is 6. The molecule has 1 saturated heterocycles. The minimum Gasteiger partial charge on any atom is -0.369 e. The first-order valence-corrected chi connectivity index (χ1v) is 8.99. The highest BCUT2D eigenvalue weighted by Crippen LogP contribution is 2.25. The number of benzene rings is 1. The smallest absolute Gasteiger partial charge is 0.329 e. The van der Waals surface area contributed by atoms with Crippen LogP contribution in [0.5, 0.6) is 0 Å². The van der Waals surface area contributed by atoms with Crippen molar-refractivity contribution in [3.05, 3.63) is 28.7 Å². The van der Waals surface area contributed by atoms with Crippen LogP contribution in [0.1, 0.15) is 25.8 Å². The lowest BCUT2D eigenvalue weighted by Gasteiger charge is -2.29. The van der Waals surface area contributed by atoms with Gasteiger partial charge in [-0.25, -0.2) is 4.79 Å². The van der Waals surface area contributed by atoms with Gasteiger partial charge < -0.3 is 10.2 Å². The van der Waals surface area contributed by atoms with Crippen LogP contribution in [-0.4, -0.2) is 47.6 Å². The van der Waals surface area contributed by atoms with Crippen molar-refractivity contribution in [1.29, 1.82) is 0 Å². The van der Waals surface area contributed by atoms with Crippen LogP contribution < -0.4 is 21.2 Å². The van der Waals surface area contributed by atoms with E-state index in [0.29, 0.717) is 18.3 Å². The van der Waals surface area contributed by atoms with E-state index in [-0.39, 0.29) is 5.69 Å². The third-order valence-corrected chi connectivity index (χ3v) is 4.93. The number of nitrogens with one attached hydrogen (secondary N) is 2. The zero-order chi connectivity index (χ0) is 18.7. The van der Waals surface area contributed by atoms with E-state index in [0.717, 1.165) is 43.8 Å². The van der Waals surface area contributed by atoms with E-state index in [1.807, 2.05) is 25.1 Å². The first kappa shape index (κ1) is 18.2. The van der Waals surface area contributed by atoms with Crippen LogP contribution in [0.25, 0.3) is 11.0 Å². The van der Waals surface area contributed by atoms with Crippen LogP contribution in [0.3, 0.4) is 0 Å². The molecule has 0 aliphatic carbocycles. The molecule has 0 radical (unpaired) electrons. The summed E-state index contributed by atoms with van der Waals surface area (Å²) in [5.41, 5.74) is 2.30. The highest BCUT2D eigenvalue weighted by atomic mass is 16.2. The van der Waals surface area contributed by atoms with Crippen LogP contribution in [0.2, 0.25) is 0 Å². The Bertz CT molecular complexity index is 864. The minimum absolute atomic E-state index is 0.253. The van der Waals surface area contributed by atoms with Gasteiger partial charge in [0.2, 0.25) is 12.3 Å². The molecule has 1 unspecified atom stereocenters. The van der Waals surface area contributed by atoms with E-state index in [4.69, 9.17) is 0 Å². The molecule has 140 valence electrons. The number of anilines is 1. The molecule has 1 atom stereocenters. The molecule has 1 aromatic carbocycles. The maximum absolute atomic E-state index is 12.8. The number of hydrogen-bond donors (Lipinski definition) is 2. The summed E-state index contributed by atoms with van der Waals surface area (Å²) < 4.78 is 3.07. The van der Waals surface area contributed by atoms with Crippen LogP contribution in [0.15, 0.2) is 23.0 Å². The van der Waals surface area contributed by atoms with Crippen LogP contribution in [-0.2, 0) is 16.6 Å². The summed E-state index contributed by atoms with van der Waals surface area (Å²) in [6.07, 6.45) is 1.57. The van der Waals surface area contributed by atoms with Gasteiger partial charge >= 0.3 is 5.69 Å². The van der Waals surface area contributed by atoms with E-state index in [2.05, 4.69) is 15.5 Å². The molecule has 26 heavy (non-hydrogen) atoms. The fourth-order valence-electron chi connectivity index (χ4n) is 3.58. The molecule has 8 heteroatoms. The third-order valence-electron chi connectivity index (χ3n) is 4.93. The zero-order valence-corrected chi connectivity index (χ0v) is 15.2. The Hall–Kier alpha value is -2.61. The fourth-order valence-corrected chi connectivity index (χ4v) is 3.58. The average molecular weight is 359 g/mol. The number of imidazole rings is 1. The summed E-state index contributed by atoms with van der Waals surface area (Å²) in [4.78, 5) is 38.1. The largest absolute Gasteiger partial charge is 0.369 e. The van der Waals surface area contributed by atoms with Crippen molar-refractivity contribution in [2.24, 2.45) is 7.05 Å². The van der Waals surface area contributed by atoms with Gasteiger partial charge in [-0.2, -0.15) is 0 Å². The normalized spacial score (nSPS) is 15.8. The number of nitrogens with zero attached hydrogens (tertiary/aromatic N) is 3. The lowest BCUT2D eigenvalue weighted by Crippen LogP contribution is -2.43. The van der Waals surface area contributed by atoms with Crippen molar-refractivity contribution in [1.82, 2.24) is 19.8 Å². The Morgan fingerprint density at radius 1 is 1.31 bits per heavy atom. The number of amides is 2. The second-order valence-electron chi connectivity index (χ2n) is 6.55. The lowest BCUT2D eigenvalue weighted by molar-refractivity contribution is -0.128. The maximum Gasteiger partial charge on any atom is 0.329 e. The van der Waals surface area contributed by atoms with E-state index in [1.54, 1.807) is 11.6 Å². The molecule has 8 nitrogen and oxygen atoms in total. The van der Waals surface area contributed by atoms with Gasteiger partial charge in [-0.3, -0.25) is 24.0 Å². The van der Waals surface area contributed by atoms with Gasteiger partial charge in [0.1, 0.15) is 6.04 Å². The molecule has 3 rings (SSSR count). The van der Waals surface area contributed by atoms with Crippen LogP contribution in [0, 0.1) is 0 Å². The predicted octanol–water partition coefficient (Wildman–Crippen LogP) is 0.363. The first-order chi connectivity index (χ1) is 12.6. The van der Waals surface area contributed by atoms with E-state index in [9.17, 15) is 14.4 Å². The Balaban J connectivity index is 2.08. The summed E-state index contributed by atoms with van der Waals surface area (Å²) in [6.45, 7) is 5.64. The summed E-state index contributed by atoms with van der Waals surface area (Å²) in [7, 11) is 1.71. The SMILES string of the molecule is CCCC(C(=O)NC=O)n1c(=O)n(C)c2cc(N3CCNCC3)ccc21. The van der Waals surface area contributed by atoms with Gasteiger partial charge in [0.25, 0.3) is 0 Å². The average Bonchev–Trinajstić information content (AvgIpc) is 2.91. The van der Waals surface area contributed by atoms with Crippen molar-refractivity contribution in [3.8, 4) is 0 Å². The predicted molar refractivity (Wildman–Crippen MR) is 100 cm³/mol. The van der Waals surface area contributed by atoms with Gasteiger partial charge in [0.05, 0.1) is 11.0 Å². The molecule has 0 saturated carbocycles. The number of carbonyl (C=O) groups excluding carboxylic acids is 2.